The van der Waals surface area contributed by atoms with E-state index in [0.29, 0.717) is 16.6 Å². The third-order valence-electron chi connectivity index (χ3n) is 4.17. The number of hydrazone groups is 1. The molecule has 134 valence electrons. The first-order valence-electron chi connectivity index (χ1n) is 8.11. The van der Waals surface area contributed by atoms with Crippen LogP contribution in [0, 0.1) is 13.8 Å². The third kappa shape index (κ3) is 4.14. The number of hydrogen-bond donors (Lipinski definition) is 1. The van der Waals surface area contributed by atoms with Crippen LogP contribution < -0.4 is 5.43 Å². The summed E-state index contributed by atoms with van der Waals surface area (Å²) in [5, 5.41) is 5.60. The molecule has 0 atom stereocenters. The summed E-state index contributed by atoms with van der Waals surface area (Å²) in [4.78, 5) is 0. The van der Waals surface area contributed by atoms with Crippen molar-refractivity contribution in [2.75, 3.05) is 0 Å². The van der Waals surface area contributed by atoms with E-state index in [1.54, 1.807) is 0 Å². The number of nitrogens with one attached hydrogen (secondary N) is 1. The molecule has 0 saturated heterocycles. The molecule has 2 aromatic carbocycles. The van der Waals surface area contributed by atoms with E-state index in [-0.39, 0.29) is 0 Å². The average molecular weight is 451 g/mol. The van der Waals surface area contributed by atoms with Crippen LogP contribution in [0.2, 0.25) is 10.0 Å². The van der Waals surface area contributed by atoms with Crippen LogP contribution in [0.3, 0.4) is 0 Å². The van der Waals surface area contributed by atoms with E-state index >= 15 is 0 Å². The molecule has 1 aromatic heterocycles. The summed E-state index contributed by atoms with van der Waals surface area (Å²) in [6.07, 6.45) is 1.82. The zero-order valence-corrected chi connectivity index (χ0v) is 17.5. The summed E-state index contributed by atoms with van der Waals surface area (Å²) < 4.78 is 3.27. The number of rotatable bonds is 5. The first-order chi connectivity index (χ1) is 12.5. The first kappa shape index (κ1) is 19.0. The molecule has 0 aliphatic carbocycles. The maximum Gasteiger partial charge on any atom is 0.0609 e. The molecule has 6 heteroatoms. The lowest BCUT2D eigenvalue weighted by Gasteiger charge is -2.09. The number of halogens is 3. The van der Waals surface area contributed by atoms with Gasteiger partial charge in [0.1, 0.15) is 0 Å². The lowest BCUT2D eigenvalue weighted by molar-refractivity contribution is 0.748. The minimum absolute atomic E-state index is 0.473. The fraction of sp³-hybridized carbons (Fsp3) is 0.150. The highest BCUT2D eigenvalue weighted by atomic mass is 79.9. The standard InChI is InChI=1S/C20H18BrCl2N3/c1-13-10-15(14(2)26(13)17-8-6-16(21)7-9-17)11-24-25-12-18-19(22)4-3-5-20(18)23/h3-11,25H,12H2,1-2H3/b24-11+. The molecule has 3 rings (SSSR count). The summed E-state index contributed by atoms with van der Waals surface area (Å²) in [5.41, 5.74) is 8.33. The van der Waals surface area contributed by atoms with E-state index in [9.17, 15) is 0 Å². The molecule has 1 N–H and O–H groups in total. The van der Waals surface area contributed by atoms with Gasteiger partial charge in [0.2, 0.25) is 0 Å². The number of aryl methyl sites for hydroxylation is 1. The molecule has 0 unspecified atom stereocenters. The van der Waals surface area contributed by atoms with Crippen LogP contribution in [-0.2, 0) is 6.54 Å². The van der Waals surface area contributed by atoms with E-state index in [0.717, 1.165) is 32.7 Å². The summed E-state index contributed by atoms with van der Waals surface area (Å²) >= 11 is 15.8. The van der Waals surface area contributed by atoms with Gasteiger partial charge in [-0.1, -0.05) is 45.2 Å². The highest BCUT2D eigenvalue weighted by molar-refractivity contribution is 9.10. The maximum atomic E-state index is 6.17. The lowest BCUT2D eigenvalue weighted by Crippen LogP contribution is -2.07. The molecule has 0 radical (unpaired) electrons. The van der Waals surface area contributed by atoms with E-state index in [1.807, 2.05) is 36.5 Å². The Kier molecular flexibility index (Phi) is 6.07. The Hall–Kier alpha value is -1.75. The largest absolute Gasteiger partial charge is 0.318 e. The van der Waals surface area contributed by atoms with Crippen molar-refractivity contribution in [1.29, 1.82) is 0 Å². The molecule has 3 nitrogen and oxygen atoms in total. The molecule has 1 heterocycles. The van der Waals surface area contributed by atoms with Gasteiger partial charge >= 0.3 is 0 Å². The highest BCUT2D eigenvalue weighted by Crippen LogP contribution is 2.24. The van der Waals surface area contributed by atoms with Crippen molar-refractivity contribution in [3.8, 4) is 5.69 Å². The van der Waals surface area contributed by atoms with Crippen LogP contribution in [0.5, 0.6) is 0 Å². The van der Waals surface area contributed by atoms with Gasteiger partial charge in [-0.25, -0.2) is 0 Å². The van der Waals surface area contributed by atoms with Gasteiger partial charge in [0.15, 0.2) is 0 Å². The van der Waals surface area contributed by atoms with Gasteiger partial charge < -0.3 is 9.99 Å². The van der Waals surface area contributed by atoms with Gasteiger partial charge in [0, 0.05) is 42.7 Å². The normalized spacial score (nSPS) is 11.3. The minimum Gasteiger partial charge on any atom is -0.318 e. The fourth-order valence-electron chi connectivity index (χ4n) is 2.85. The highest BCUT2D eigenvalue weighted by Gasteiger charge is 2.09. The molecule has 3 aromatic rings. The van der Waals surface area contributed by atoms with E-state index in [2.05, 4.69) is 63.1 Å². The first-order valence-corrected chi connectivity index (χ1v) is 9.66. The Bertz CT molecular complexity index is 926. The summed E-state index contributed by atoms with van der Waals surface area (Å²) in [5.74, 6) is 0. The van der Waals surface area contributed by atoms with Crippen LogP contribution in [-0.4, -0.2) is 10.8 Å². The minimum atomic E-state index is 0.473. The topological polar surface area (TPSA) is 29.3 Å². The molecule has 0 aliphatic heterocycles. The number of hydrogen-bond acceptors (Lipinski definition) is 2. The molecule has 0 fully saturated rings. The smallest absolute Gasteiger partial charge is 0.0609 e. The zero-order chi connectivity index (χ0) is 18.7. The van der Waals surface area contributed by atoms with Crippen LogP contribution >= 0.6 is 39.1 Å². The second kappa shape index (κ2) is 8.30. The monoisotopic (exact) mass is 449 g/mol. The fourth-order valence-corrected chi connectivity index (χ4v) is 3.64. The van der Waals surface area contributed by atoms with E-state index in [4.69, 9.17) is 23.2 Å². The Morgan fingerprint density at radius 3 is 2.38 bits per heavy atom. The van der Waals surface area contributed by atoms with Crippen molar-refractivity contribution in [1.82, 2.24) is 9.99 Å². The Labute approximate surface area is 171 Å². The van der Waals surface area contributed by atoms with Crippen LogP contribution in [0.4, 0.5) is 0 Å². The summed E-state index contributed by atoms with van der Waals surface area (Å²) in [6.45, 7) is 4.64. The van der Waals surface area contributed by atoms with Crippen molar-refractivity contribution in [2.24, 2.45) is 5.10 Å². The van der Waals surface area contributed by atoms with Crippen LogP contribution in [0.25, 0.3) is 5.69 Å². The van der Waals surface area contributed by atoms with Crippen molar-refractivity contribution >= 4 is 45.3 Å². The molecular weight excluding hydrogens is 433 g/mol. The zero-order valence-electron chi connectivity index (χ0n) is 14.4. The van der Waals surface area contributed by atoms with Gasteiger partial charge in [-0.05, 0) is 56.3 Å². The molecule has 0 bridgehead atoms. The van der Waals surface area contributed by atoms with Crippen molar-refractivity contribution < 1.29 is 0 Å². The average Bonchev–Trinajstić information content (AvgIpc) is 2.89. The molecular formula is C20H18BrCl2N3. The molecule has 0 saturated carbocycles. The van der Waals surface area contributed by atoms with Crippen molar-refractivity contribution in [3.63, 3.8) is 0 Å². The van der Waals surface area contributed by atoms with Gasteiger partial charge in [0.05, 0.1) is 12.8 Å². The Balaban J connectivity index is 1.75. The lowest BCUT2D eigenvalue weighted by atomic mass is 10.2. The molecule has 26 heavy (non-hydrogen) atoms. The van der Waals surface area contributed by atoms with Gasteiger partial charge in [-0.15, -0.1) is 0 Å². The van der Waals surface area contributed by atoms with Crippen molar-refractivity contribution in [3.05, 3.63) is 85.6 Å². The number of aromatic nitrogens is 1. The van der Waals surface area contributed by atoms with Gasteiger partial charge in [-0.2, -0.15) is 5.10 Å². The van der Waals surface area contributed by atoms with Crippen LogP contribution in [0.1, 0.15) is 22.5 Å². The third-order valence-corrected chi connectivity index (χ3v) is 5.40. The molecule has 0 aliphatic rings. The second-order valence-electron chi connectivity index (χ2n) is 5.93. The predicted octanol–water partition coefficient (Wildman–Crippen LogP) is 6.29. The molecule has 0 amide bonds. The van der Waals surface area contributed by atoms with E-state index in [1.165, 1.54) is 0 Å². The summed E-state index contributed by atoms with van der Waals surface area (Å²) in [6, 6.07) is 15.8. The quantitative estimate of drug-likeness (QED) is 0.359. The van der Waals surface area contributed by atoms with Crippen molar-refractivity contribution in [2.45, 2.75) is 20.4 Å². The maximum absolute atomic E-state index is 6.17. The SMILES string of the molecule is Cc1cc(/C=N/NCc2c(Cl)cccc2Cl)c(C)n1-c1ccc(Br)cc1. The van der Waals surface area contributed by atoms with Gasteiger partial charge in [0.25, 0.3) is 0 Å². The second-order valence-corrected chi connectivity index (χ2v) is 7.66. The number of nitrogens with zero attached hydrogens (tertiary/aromatic N) is 2. The predicted molar refractivity (Wildman–Crippen MR) is 114 cm³/mol. The van der Waals surface area contributed by atoms with Gasteiger partial charge in [-0.3, -0.25) is 0 Å². The van der Waals surface area contributed by atoms with E-state index < -0.39 is 0 Å². The Morgan fingerprint density at radius 1 is 1.08 bits per heavy atom. The Morgan fingerprint density at radius 2 is 1.73 bits per heavy atom. The summed E-state index contributed by atoms with van der Waals surface area (Å²) in [7, 11) is 0. The van der Waals surface area contributed by atoms with Crippen LogP contribution in [0.15, 0.2) is 58.1 Å². The molecule has 0 spiro atoms. The number of benzene rings is 2.